The van der Waals surface area contributed by atoms with E-state index < -0.39 is 11.5 Å². The lowest BCUT2D eigenvalue weighted by Gasteiger charge is -2.22. The van der Waals surface area contributed by atoms with Crippen molar-refractivity contribution in [2.24, 2.45) is 5.41 Å². The van der Waals surface area contributed by atoms with E-state index in [9.17, 15) is 14.4 Å². The molecule has 0 aliphatic rings. The number of amides is 3. The van der Waals surface area contributed by atoms with E-state index >= 15 is 0 Å². The minimum atomic E-state index is -0.677. The van der Waals surface area contributed by atoms with Crippen LogP contribution in [0.1, 0.15) is 48.5 Å². The van der Waals surface area contributed by atoms with Crippen molar-refractivity contribution in [1.29, 1.82) is 0 Å². The fourth-order valence-corrected chi connectivity index (χ4v) is 1.26. The van der Waals surface area contributed by atoms with Crippen molar-refractivity contribution >= 4 is 17.7 Å². The molecule has 6 heteroatoms. The van der Waals surface area contributed by atoms with Crippen molar-refractivity contribution in [3.05, 3.63) is 0 Å². The minimum Gasteiger partial charge on any atom is -0.350 e. The maximum atomic E-state index is 11.8. The van der Waals surface area contributed by atoms with Crippen LogP contribution in [0.25, 0.3) is 0 Å². The Morgan fingerprint density at radius 3 is 1.90 bits per heavy atom. The first-order valence-corrected chi connectivity index (χ1v) is 6.72. The predicted molar refractivity (Wildman–Crippen MR) is 78.0 cm³/mol. The molecule has 6 nitrogen and oxygen atoms in total. The third kappa shape index (κ3) is 7.76. The van der Waals surface area contributed by atoms with Crippen LogP contribution in [0.2, 0.25) is 0 Å². The average Bonchev–Trinajstić information content (AvgIpc) is 2.21. The molecule has 3 amide bonds. The highest BCUT2D eigenvalue weighted by Gasteiger charge is 2.25. The highest BCUT2D eigenvalue weighted by atomic mass is 16.2. The molecule has 0 aromatic carbocycles. The van der Waals surface area contributed by atoms with Crippen LogP contribution in [-0.4, -0.2) is 35.8 Å². The van der Waals surface area contributed by atoms with Gasteiger partial charge in [0.1, 0.15) is 6.04 Å². The van der Waals surface area contributed by atoms with Gasteiger partial charge in [-0.2, -0.15) is 0 Å². The Balaban J connectivity index is 4.22. The quantitative estimate of drug-likeness (QED) is 0.705. The molecule has 0 fully saturated rings. The van der Waals surface area contributed by atoms with Crippen molar-refractivity contribution in [2.45, 2.75) is 60.0 Å². The summed E-state index contributed by atoms with van der Waals surface area (Å²) in [5.74, 6) is -0.855. The zero-order valence-electron chi connectivity index (χ0n) is 13.5. The fourth-order valence-electron chi connectivity index (χ4n) is 1.26. The Hall–Kier alpha value is -1.59. The van der Waals surface area contributed by atoms with Gasteiger partial charge in [0.15, 0.2) is 0 Å². The fraction of sp³-hybridized carbons (Fsp3) is 0.786. The summed E-state index contributed by atoms with van der Waals surface area (Å²) in [5, 5.41) is 7.84. The van der Waals surface area contributed by atoms with Crippen molar-refractivity contribution in [2.75, 3.05) is 6.54 Å². The highest BCUT2D eigenvalue weighted by Crippen LogP contribution is 2.12. The predicted octanol–water partition coefficient (Wildman–Crippen LogP) is 0.568. The summed E-state index contributed by atoms with van der Waals surface area (Å²) in [4.78, 5) is 35.1. The molecule has 1 unspecified atom stereocenters. The smallest absolute Gasteiger partial charge is 0.242 e. The van der Waals surface area contributed by atoms with E-state index in [1.54, 1.807) is 27.7 Å². The molecule has 1 atom stereocenters. The lowest BCUT2D eigenvalue weighted by Crippen LogP contribution is -2.51. The summed E-state index contributed by atoms with van der Waals surface area (Å²) in [6, 6.07) is -0.677. The van der Waals surface area contributed by atoms with Gasteiger partial charge in [0.25, 0.3) is 0 Å². The van der Waals surface area contributed by atoms with Crippen molar-refractivity contribution in [1.82, 2.24) is 16.0 Å². The van der Waals surface area contributed by atoms with Gasteiger partial charge in [0.2, 0.25) is 17.7 Å². The number of carbonyl (C=O) groups excluding carboxylic acids is 3. The molecular formula is C14H27N3O3. The number of hydrogen-bond donors (Lipinski definition) is 3. The van der Waals surface area contributed by atoms with Crippen molar-refractivity contribution in [3.63, 3.8) is 0 Å². The molecule has 0 rings (SSSR count). The van der Waals surface area contributed by atoms with Crippen LogP contribution in [0.3, 0.4) is 0 Å². The van der Waals surface area contributed by atoms with E-state index in [-0.39, 0.29) is 29.8 Å². The van der Waals surface area contributed by atoms with Gasteiger partial charge in [0.05, 0.1) is 6.54 Å². The Bertz CT molecular complexity index is 378. The number of nitrogens with one attached hydrogen (secondary N) is 3. The number of carbonyl (C=O) groups is 3. The van der Waals surface area contributed by atoms with Crippen LogP contribution in [0.15, 0.2) is 0 Å². The number of rotatable bonds is 4. The highest BCUT2D eigenvalue weighted by molar-refractivity contribution is 5.91. The second kappa shape index (κ2) is 6.72. The summed E-state index contributed by atoms with van der Waals surface area (Å²) in [7, 11) is 0. The third-order valence-electron chi connectivity index (χ3n) is 2.36. The molecule has 0 aromatic heterocycles. The van der Waals surface area contributed by atoms with Crippen LogP contribution in [0.5, 0.6) is 0 Å². The lowest BCUT2D eigenvalue weighted by atomic mass is 9.95. The molecule has 0 aliphatic heterocycles. The molecule has 0 radical (unpaired) electrons. The summed E-state index contributed by atoms with van der Waals surface area (Å²) >= 11 is 0. The zero-order chi connectivity index (χ0) is 16.1. The molecule has 0 saturated carbocycles. The standard InChI is InChI=1S/C14H27N3O3/c1-9(16-12(20)13(2,3)4)11(19)15-8-10(18)17-14(5,6)7/h9H,8H2,1-7H3,(H,15,19)(H,16,20)(H,17,18). The first-order valence-electron chi connectivity index (χ1n) is 6.72. The molecule has 0 aliphatic carbocycles. The topological polar surface area (TPSA) is 87.3 Å². The van der Waals surface area contributed by atoms with Gasteiger partial charge in [-0.1, -0.05) is 20.8 Å². The molecule has 3 N–H and O–H groups in total. The third-order valence-corrected chi connectivity index (χ3v) is 2.36. The lowest BCUT2D eigenvalue weighted by molar-refractivity contribution is -0.133. The van der Waals surface area contributed by atoms with Crippen LogP contribution in [-0.2, 0) is 14.4 Å². The minimum absolute atomic E-state index is 0.105. The van der Waals surface area contributed by atoms with E-state index in [2.05, 4.69) is 16.0 Å². The Labute approximate surface area is 121 Å². The van der Waals surface area contributed by atoms with Gasteiger partial charge in [-0.3, -0.25) is 14.4 Å². The number of hydrogen-bond acceptors (Lipinski definition) is 3. The van der Waals surface area contributed by atoms with E-state index in [4.69, 9.17) is 0 Å². The summed E-state index contributed by atoms with van der Waals surface area (Å²) in [6.07, 6.45) is 0. The maximum Gasteiger partial charge on any atom is 0.242 e. The molecule has 0 bridgehead atoms. The average molecular weight is 285 g/mol. The van der Waals surface area contributed by atoms with E-state index in [0.717, 1.165) is 0 Å². The summed E-state index contributed by atoms with van der Waals surface area (Å²) < 4.78 is 0. The van der Waals surface area contributed by atoms with Crippen LogP contribution < -0.4 is 16.0 Å². The van der Waals surface area contributed by atoms with Crippen molar-refractivity contribution < 1.29 is 14.4 Å². The Morgan fingerprint density at radius 1 is 1.00 bits per heavy atom. The maximum absolute atomic E-state index is 11.8. The van der Waals surface area contributed by atoms with Gasteiger partial charge in [0, 0.05) is 11.0 Å². The normalized spacial score (nSPS) is 13.3. The molecule has 20 heavy (non-hydrogen) atoms. The van der Waals surface area contributed by atoms with E-state index in [1.165, 1.54) is 0 Å². The zero-order valence-corrected chi connectivity index (χ0v) is 13.5. The molecular weight excluding hydrogens is 258 g/mol. The van der Waals surface area contributed by atoms with Gasteiger partial charge in [-0.25, -0.2) is 0 Å². The second-order valence-electron chi connectivity index (χ2n) is 6.96. The Morgan fingerprint density at radius 2 is 1.50 bits per heavy atom. The second-order valence-corrected chi connectivity index (χ2v) is 6.96. The van der Waals surface area contributed by atoms with E-state index in [0.29, 0.717) is 0 Å². The van der Waals surface area contributed by atoms with Crippen molar-refractivity contribution in [3.8, 4) is 0 Å². The van der Waals surface area contributed by atoms with Crippen LogP contribution in [0, 0.1) is 5.41 Å². The molecule has 0 heterocycles. The van der Waals surface area contributed by atoms with Gasteiger partial charge in [-0.05, 0) is 27.7 Å². The molecule has 0 saturated heterocycles. The van der Waals surface area contributed by atoms with Gasteiger partial charge in [-0.15, -0.1) is 0 Å². The van der Waals surface area contributed by atoms with Gasteiger partial charge >= 0.3 is 0 Å². The van der Waals surface area contributed by atoms with Gasteiger partial charge < -0.3 is 16.0 Å². The molecule has 0 aromatic rings. The van der Waals surface area contributed by atoms with Crippen LogP contribution in [0.4, 0.5) is 0 Å². The molecule has 116 valence electrons. The summed E-state index contributed by atoms with van der Waals surface area (Å²) in [6.45, 7) is 12.4. The molecule has 0 spiro atoms. The SMILES string of the molecule is CC(NC(=O)C(C)(C)C)C(=O)NCC(=O)NC(C)(C)C. The first-order chi connectivity index (χ1) is 8.83. The largest absolute Gasteiger partial charge is 0.350 e. The van der Waals surface area contributed by atoms with E-state index in [1.807, 2.05) is 20.8 Å². The monoisotopic (exact) mass is 285 g/mol. The summed E-state index contributed by atoms with van der Waals surface area (Å²) in [5.41, 5.74) is -0.897. The Kier molecular flexibility index (Phi) is 6.19. The van der Waals surface area contributed by atoms with Crippen LogP contribution >= 0.6 is 0 Å². The first kappa shape index (κ1) is 18.4.